The summed E-state index contributed by atoms with van der Waals surface area (Å²) in [4.78, 5) is 5.99. The minimum absolute atomic E-state index is 0.576. The Labute approximate surface area is 127 Å². The summed E-state index contributed by atoms with van der Waals surface area (Å²) in [6, 6.07) is 6.37. The van der Waals surface area contributed by atoms with Crippen LogP contribution in [0.3, 0.4) is 0 Å². The molecule has 19 heavy (non-hydrogen) atoms. The molecule has 2 N–H and O–H groups in total. The smallest absolute Gasteiger partial charge is 0.123 e. The molecule has 0 radical (unpaired) electrons. The second-order valence-corrected chi connectivity index (χ2v) is 7.09. The molecule has 0 aliphatic rings. The second-order valence-electron chi connectivity index (χ2n) is 5.15. The number of hydrogen-bond acceptors (Lipinski definition) is 3. The highest BCUT2D eigenvalue weighted by Gasteiger charge is 2.13. The molecule has 1 aromatic heterocycles. The van der Waals surface area contributed by atoms with Crippen molar-refractivity contribution >= 4 is 27.3 Å². The van der Waals surface area contributed by atoms with Gasteiger partial charge in [-0.2, -0.15) is 0 Å². The Hall–Kier alpha value is -0.710. The van der Waals surface area contributed by atoms with Crippen LogP contribution in [0.1, 0.15) is 30.0 Å². The first-order valence-corrected chi connectivity index (χ1v) is 8.07. The average molecular weight is 339 g/mol. The molecule has 2 aromatic rings. The van der Waals surface area contributed by atoms with Crippen molar-refractivity contribution in [3.8, 4) is 10.6 Å². The van der Waals surface area contributed by atoms with E-state index in [4.69, 9.17) is 10.7 Å². The topological polar surface area (TPSA) is 38.9 Å². The van der Waals surface area contributed by atoms with Gasteiger partial charge in [-0.05, 0) is 30.9 Å². The SMILES string of the molecule is Cc1ccc(-c2nc(CC(C)C)c(CN)s2)cc1Br. The zero-order valence-corrected chi connectivity index (χ0v) is 13.9. The molecule has 102 valence electrons. The molecule has 0 bridgehead atoms. The first-order valence-electron chi connectivity index (χ1n) is 6.46. The second kappa shape index (κ2) is 6.16. The molecule has 0 spiro atoms. The number of thiazole rings is 1. The van der Waals surface area contributed by atoms with Gasteiger partial charge in [0, 0.05) is 21.5 Å². The summed E-state index contributed by atoms with van der Waals surface area (Å²) >= 11 is 5.29. The van der Waals surface area contributed by atoms with Gasteiger partial charge in [-0.25, -0.2) is 4.98 Å². The summed E-state index contributed by atoms with van der Waals surface area (Å²) in [6.07, 6.45) is 0.996. The van der Waals surface area contributed by atoms with Crippen molar-refractivity contribution in [3.05, 3.63) is 38.8 Å². The Morgan fingerprint density at radius 1 is 1.37 bits per heavy atom. The number of aryl methyl sites for hydroxylation is 1. The Morgan fingerprint density at radius 2 is 2.11 bits per heavy atom. The summed E-state index contributed by atoms with van der Waals surface area (Å²) in [5.74, 6) is 0.602. The zero-order chi connectivity index (χ0) is 14.0. The first-order chi connectivity index (χ1) is 9.01. The number of nitrogens with zero attached hydrogens (tertiary/aromatic N) is 1. The van der Waals surface area contributed by atoms with E-state index in [1.165, 1.54) is 10.4 Å². The van der Waals surface area contributed by atoms with Crippen LogP contribution < -0.4 is 5.73 Å². The van der Waals surface area contributed by atoms with E-state index in [-0.39, 0.29) is 0 Å². The summed E-state index contributed by atoms with van der Waals surface area (Å²) in [5, 5.41) is 1.07. The Balaban J connectivity index is 2.39. The Morgan fingerprint density at radius 3 is 2.68 bits per heavy atom. The molecule has 1 aromatic carbocycles. The fourth-order valence-electron chi connectivity index (χ4n) is 1.94. The molecular formula is C15H19BrN2S. The maximum absolute atomic E-state index is 5.83. The summed E-state index contributed by atoms with van der Waals surface area (Å²) in [5.41, 5.74) is 9.39. The van der Waals surface area contributed by atoms with Crippen molar-refractivity contribution in [2.75, 3.05) is 0 Å². The number of hydrogen-bond donors (Lipinski definition) is 1. The molecule has 0 atom stereocenters. The molecule has 0 aliphatic heterocycles. The summed E-state index contributed by atoms with van der Waals surface area (Å²) in [7, 11) is 0. The number of halogens is 1. The normalized spacial score (nSPS) is 11.3. The quantitative estimate of drug-likeness (QED) is 0.888. The van der Waals surface area contributed by atoms with Crippen molar-refractivity contribution in [1.29, 1.82) is 0 Å². The van der Waals surface area contributed by atoms with Gasteiger partial charge in [0.1, 0.15) is 5.01 Å². The van der Waals surface area contributed by atoms with Gasteiger partial charge in [0.05, 0.1) is 5.69 Å². The fraction of sp³-hybridized carbons (Fsp3) is 0.400. The standard InChI is InChI=1S/C15H19BrN2S/c1-9(2)6-13-14(8-17)19-15(18-13)11-5-4-10(3)12(16)7-11/h4-5,7,9H,6,8,17H2,1-3H3. The van der Waals surface area contributed by atoms with Crippen LogP contribution in [0.5, 0.6) is 0 Å². The van der Waals surface area contributed by atoms with Crippen LogP contribution in [-0.2, 0) is 13.0 Å². The van der Waals surface area contributed by atoms with E-state index >= 15 is 0 Å². The third-order valence-electron chi connectivity index (χ3n) is 2.98. The van der Waals surface area contributed by atoms with Gasteiger partial charge in [0.25, 0.3) is 0 Å². The van der Waals surface area contributed by atoms with Gasteiger partial charge in [-0.15, -0.1) is 11.3 Å². The van der Waals surface area contributed by atoms with Crippen LogP contribution >= 0.6 is 27.3 Å². The lowest BCUT2D eigenvalue weighted by Gasteiger charge is -2.02. The minimum Gasteiger partial charge on any atom is -0.326 e. The van der Waals surface area contributed by atoms with Crippen LogP contribution in [0.4, 0.5) is 0 Å². The molecule has 0 unspecified atom stereocenters. The number of nitrogens with two attached hydrogens (primary N) is 1. The zero-order valence-electron chi connectivity index (χ0n) is 11.5. The number of benzene rings is 1. The third-order valence-corrected chi connectivity index (χ3v) is 5.01. The molecule has 4 heteroatoms. The molecule has 0 amide bonds. The molecule has 1 heterocycles. The van der Waals surface area contributed by atoms with Gasteiger partial charge in [0.2, 0.25) is 0 Å². The van der Waals surface area contributed by atoms with Crippen molar-refractivity contribution in [2.24, 2.45) is 11.7 Å². The predicted octanol–water partition coefficient (Wildman–Crippen LogP) is 4.54. The van der Waals surface area contributed by atoms with Gasteiger partial charge >= 0.3 is 0 Å². The highest BCUT2D eigenvalue weighted by Crippen LogP contribution is 2.31. The van der Waals surface area contributed by atoms with Crippen LogP contribution in [0, 0.1) is 12.8 Å². The molecule has 0 saturated heterocycles. The van der Waals surface area contributed by atoms with Crippen molar-refractivity contribution in [1.82, 2.24) is 4.98 Å². The largest absolute Gasteiger partial charge is 0.326 e. The van der Waals surface area contributed by atoms with E-state index in [0.29, 0.717) is 12.5 Å². The fourth-order valence-corrected chi connectivity index (χ4v) is 3.28. The van der Waals surface area contributed by atoms with Gasteiger partial charge in [-0.1, -0.05) is 41.9 Å². The van der Waals surface area contributed by atoms with Gasteiger partial charge in [0.15, 0.2) is 0 Å². The molecule has 2 nitrogen and oxygen atoms in total. The summed E-state index contributed by atoms with van der Waals surface area (Å²) < 4.78 is 1.12. The molecular weight excluding hydrogens is 320 g/mol. The maximum atomic E-state index is 5.83. The molecule has 0 saturated carbocycles. The average Bonchev–Trinajstić information content (AvgIpc) is 2.75. The third kappa shape index (κ3) is 3.44. The van der Waals surface area contributed by atoms with E-state index < -0.39 is 0 Å². The van der Waals surface area contributed by atoms with Crippen molar-refractivity contribution in [3.63, 3.8) is 0 Å². The highest BCUT2D eigenvalue weighted by molar-refractivity contribution is 9.10. The van der Waals surface area contributed by atoms with Gasteiger partial charge in [-0.3, -0.25) is 0 Å². The molecule has 0 fully saturated rings. The highest BCUT2D eigenvalue weighted by atomic mass is 79.9. The van der Waals surface area contributed by atoms with E-state index in [2.05, 4.69) is 54.9 Å². The van der Waals surface area contributed by atoms with E-state index in [1.807, 2.05) is 0 Å². The lowest BCUT2D eigenvalue weighted by Crippen LogP contribution is -2.01. The van der Waals surface area contributed by atoms with Crippen molar-refractivity contribution in [2.45, 2.75) is 33.7 Å². The predicted molar refractivity (Wildman–Crippen MR) is 86.4 cm³/mol. The number of rotatable bonds is 4. The summed E-state index contributed by atoms with van der Waals surface area (Å²) in [6.45, 7) is 7.08. The van der Waals surface area contributed by atoms with Crippen molar-refractivity contribution < 1.29 is 0 Å². The molecule has 0 aliphatic carbocycles. The lowest BCUT2D eigenvalue weighted by molar-refractivity contribution is 0.634. The van der Waals surface area contributed by atoms with E-state index in [9.17, 15) is 0 Å². The Kier molecular flexibility index (Phi) is 4.76. The first kappa shape index (κ1) is 14.7. The van der Waals surface area contributed by atoms with E-state index in [0.717, 1.165) is 27.2 Å². The van der Waals surface area contributed by atoms with Crippen LogP contribution in [0.15, 0.2) is 22.7 Å². The lowest BCUT2D eigenvalue weighted by atomic mass is 10.1. The Bertz CT molecular complexity index is 576. The van der Waals surface area contributed by atoms with Gasteiger partial charge < -0.3 is 5.73 Å². The minimum atomic E-state index is 0.576. The monoisotopic (exact) mass is 338 g/mol. The van der Waals surface area contributed by atoms with Crippen LogP contribution in [0.25, 0.3) is 10.6 Å². The van der Waals surface area contributed by atoms with Crippen LogP contribution in [-0.4, -0.2) is 4.98 Å². The number of aromatic nitrogens is 1. The molecule has 2 rings (SSSR count). The van der Waals surface area contributed by atoms with E-state index in [1.54, 1.807) is 11.3 Å². The van der Waals surface area contributed by atoms with Crippen LogP contribution in [0.2, 0.25) is 0 Å². The maximum Gasteiger partial charge on any atom is 0.123 e.